The Labute approximate surface area is 81.6 Å². The van der Waals surface area contributed by atoms with Crippen molar-refractivity contribution in [3.8, 4) is 0 Å². The van der Waals surface area contributed by atoms with Crippen molar-refractivity contribution in [2.45, 2.75) is 25.9 Å². The van der Waals surface area contributed by atoms with Crippen LogP contribution in [0.1, 0.15) is 19.8 Å². The Hall–Kier alpha value is -1.13. The van der Waals surface area contributed by atoms with Crippen LogP contribution in [0.2, 0.25) is 0 Å². The summed E-state index contributed by atoms with van der Waals surface area (Å²) in [5.41, 5.74) is 0. The van der Waals surface area contributed by atoms with Gasteiger partial charge in [0.2, 0.25) is 6.54 Å². The highest BCUT2D eigenvalue weighted by Gasteiger charge is 2.50. The van der Waals surface area contributed by atoms with Gasteiger partial charge in [0.25, 0.3) is 0 Å². The minimum atomic E-state index is -0.285. The molecule has 1 aliphatic heterocycles. The van der Waals surface area contributed by atoms with Gasteiger partial charge < -0.3 is 4.74 Å². The van der Waals surface area contributed by atoms with E-state index in [1.54, 1.807) is 0 Å². The van der Waals surface area contributed by atoms with Crippen LogP contribution in [-0.2, 0) is 9.53 Å². The highest BCUT2D eigenvalue weighted by molar-refractivity contribution is 5.72. The second-order valence-corrected chi connectivity index (χ2v) is 4.29. The SMILES string of the molecule is C[C@@H]1C[C@@H]2OC(=O)C[C@@H]2[C@H]1C[N+](=O)[O-]. The highest BCUT2D eigenvalue weighted by atomic mass is 16.6. The topological polar surface area (TPSA) is 69.4 Å². The van der Waals surface area contributed by atoms with Gasteiger partial charge in [0, 0.05) is 16.8 Å². The first-order valence-electron chi connectivity index (χ1n) is 4.89. The fourth-order valence-corrected chi connectivity index (χ4v) is 2.73. The van der Waals surface area contributed by atoms with E-state index in [4.69, 9.17) is 4.74 Å². The molecule has 5 nitrogen and oxygen atoms in total. The van der Waals surface area contributed by atoms with E-state index in [1.807, 2.05) is 6.92 Å². The second kappa shape index (κ2) is 3.22. The summed E-state index contributed by atoms with van der Waals surface area (Å²) in [5, 5.41) is 10.5. The molecule has 0 unspecified atom stereocenters. The molecule has 0 radical (unpaired) electrons. The molecule has 0 aromatic carbocycles. The summed E-state index contributed by atoms with van der Waals surface area (Å²) in [4.78, 5) is 21.2. The van der Waals surface area contributed by atoms with Crippen molar-refractivity contribution in [1.29, 1.82) is 0 Å². The molecule has 0 amide bonds. The van der Waals surface area contributed by atoms with Crippen molar-refractivity contribution in [2.75, 3.05) is 6.54 Å². The summed E-state index contributed by atoms with van der Waals surface area (Å²) in [5.74, 6) is 0.202. The zero-order valence-corrected chi connectivity index (χ0v) is 8.01. The zero-order valence-electron chi connectivity index (χ0n) is 8.01. The minimum absolute atomic E-state index is 0.0152. The number of nitro groups is 1. The van der Waals surface area contributed by atoms with Gasteiger partial charge in [-0.25, -0.2) is 0 Å². The smallest absolute Gasteiger partial charge is 0.306 e. The number of nitrogens with zero attached hydrogens (tertiary/aromatic N) is 1. The van der Waals surface area contributed by atoms with Crippen molar-refractivity contribution >= 4 is 5.97 Å². The molecule has 0 aromatic rings. The minimum Gasteiger partial charge on any atom is -0.462 e. The van der Waals surface area contributed by atoms with Crippen molar-refractivity contribution in [1.82, 2.24) is 0 Å². The Morgan fingerprint density at radius 2 is 2.36 bits per heavy atom. The summed E-state index contributed by atoms with van der Waals surface area (Å²) in [7, 11) is 0. The predicted molar refractivity (Wildman–Crippen MR) is 47.1 cm³/mol. The molecule has 2 fully saturated rings. The summed E-state index contributed by atoms with van der Waals surface area (Å²) in [6.45, 7) is 1.97. The molecule has 0 N–H and O–H groups in total. The van der Waals surface area contributed by atoms with Crippen LogP contribution in [0.15, 0.2) is 0 Å². The van der Waals surface area contributed by atoms with E-state index in [1.165, 1.54) is 0 Å². The Bertz CT molecular complexity index is 278. The summed E-state index contributed by atoms with van der Waals surface area (Å²) >= 11 is 0. The lowest BCUT2D eigenvalue weighted by Gasteiger charge is -2.14. The molecule has 2 aliphatic rings. The number of esters is 1. The molecule has 78 valence electrons. The standard InChI is InChI=1S/C9H13NO4/c1-5-2-8-6(3-9(11)14-8)7(5)4-10(12)13/h5-8H,2-4H2,1H3/t5-,6-,7+,8+/m1/s1. The van der Waals surface area contributed by atoms with Crippen LogP contribution in [-0.4, -0.2) is 23.5 Å². The molecule has 14 heavy (non-hydrogen) atoms. The third-order valence-corrected chi connectivity index (χ3v) is 3.41. The number of hydrogen-bond acceptors (Lipinski definition) is 4. The maximum absolute atomic E-state index is 11.0. The van der Waals surface area contributed by atoms with E-state index in [0.717, 1.165) is 6.42 Å². The molecule has 1 saturated heterocycles. The third-order valence-electron chi connectivity index (χ3n) is 3.41. The van der Waals surface area contributed by atoms with Gasteiger partial charge in [-0.05, 0) is 12.3 Å². The van der Waals surface area contributed by atoms with E-state index in [9.17, 15) is 14.9 Å². The Morgan fingerprint density at radius 3 is 3.00 bits per heavy atom. The molecule has 0 bridgehead atoms. The Kier molecular flexibility index (Phi) is 2.17. The number of carbonyl (C=O) groups is 1. The van der Waals surface area contributed by atoms with Gasteiger partial charge in [0.15, 0.2) is 0 Å². The van der Waals surface area contributed by atoms with Crippen molar-refractivity contribution < 1.29 is 14.5 Å². The van der Waals surface area contributed by atoms with Crippen LogP contribution >= 0.6 is 0 Å². The molecule has 0 aromatic heterocycles. The van der Waals surface area contributed by atoms with Gasteiger partial charge in [0.1, 0.15) is 6.10 Å². The number of carbonyl (C=O) groups excluding carboxylic acids is 1. The van der Waals surface area contributed by atoms with E-state index < -0.39 is 0 Å². The molecule has 5 heteroatoms. The maximum atomic E-state index is 11.0. The van der Waals surface area contributed by atoms with Crippen LogP contribution in [0.25, 0.3) is 0 Å². The first-order valence-corrected chi connectivity index (χ1v) is 4.89. The zero-order chi connectivity index (χ0) is 10.3. The highest BCUT2D eigenvalue weighted by Crippen LogP contribution is 2.44. The quantitative estimate of drug-likeness (QED) is 0.375. The van der Waals surface area contributed by atoms with E-state index in [2.05, 4.69) is 0 Å². The molecule has 1 aliphatic carbocycles. The van der Waals surface area contributed by atoms with Crippen LogP contribution in [0.4, 0.5) is 0 Å². The van der Waals surface area contributed by atoms with Crippen LogP contribution in [0.5, 0.6) is 0 Å². The number of rotatable bonds is 2. The monoisotopic (exact) mass is 199 g/mol. The van der Waals surface area contributed by atoms with Gasteiger partial charge in [-0.2, -0.15) is 0 Å². The van der Waals surface area contributed by atoms with Gasteiger partial charge in [0.05, 0.1) is 6.42 Å². The lowest BCUT2D eigenvalue weighted by Crippen LogP contribution is -2.23. The molecule has 1 heterocycles. The second-order valence-electron chi connectivity index (χ2n) is 4.29. The molecular formula is C9H13NO4. The average Bonchev–Trinajstić information content (AvgIpc) is 2.51. The number of ether oxygens (including phenoxy) is 1. The van der Waals surface area contributed by atoms with Crippen LogP contribution < -0.4 is 0 Å². The molecule has 4 atom stereocenters. The fourth-order valence-electron chi connectivity index (χ4n) is 2.73. The van der Waals surface area contributed by atoms with E-state index in [0.29, 0.717) is 12.3 Å². The Morgan fingerprint density at radius 1 is 1.64 bits per heavy atom. The predicted octanol–water partition coefficient (Wildman–Crippen LogP) is 0.851. The molecule has 1 saturated carbocycles. The number of hydrogen-bond donors (Lipinski definition) is 0. The van der Waals surface area contributed by atoms with Gasteiger partial charge in [-0.15, -0.1) is 0 Å². The average molecular weight is 199 g/mol. The van der Waals surface area contributed by atoms with E-state index in [-0.39, 0.29) is 35.4 Å². The van der Waals surface area contributed by atoms with Gasteiger partial charge in [-0.3, -0.25) is 14.9 Å². The summed E-state index contributed by atoms with van der Waals surface area (Å²) in [6.07, 6.45) is 1.10. The van der Waals surface area contributed by atoms with Crippen LogP contribution in [0.3, 0.4) is 0 Å². The lowest BCUT2D eigenvalue weighted by atomic mass is 9.89. The summed E-state index contributed by atoms with van der Waals surface area (Å²) < 4.78 is 5.11. The van der Waals surface area contributed by atoms with Crippen molar-refractivity contribution in [3.05, 3.63) is 10.1 Å². The largest absolute Gasteiger partial charge is 0.462 e. The van der Waals surface area contributed by atoms with Gasteiger partial charge >= 0.3 is 5.97 Å². The fraction of sp³-hybridized carbons (Fsp3) is 0.889. The van der Waals surface area contributed by atoms with Crippen molar-refractivity contribution in [3.63, 3.8) is 0 Å². The molecular weight excluding hydrogens is 186 g/mol. The molecule has 2 rings (SSSR count). The van der Waals surface area contributed by atoms with Gasteiger partial charge in [-0.1, -0.05) is 6.92 Å². The normalized spacial score (nSPS) is 40.8. The lowest BCUT2D eigenvalue weighted by molar-refractivity contribution is -0.490. The van der Waals surface area contributed by atoms with Crippen molar-refractivity contribution in [2.24, 2.45) is 17.8 Å². The first-order chi connectivity index (χ1) is 6.58. The number of fused-ring (bicyclic) bond motifs is 1. The first kappa shape index (κ1) is 9.43. The third kappa shape index (κ3) is 1.47. The summed E-state index contributed by atoms with van der Waals surface area (Å²) in [6, 6.07) is 0. The van der Waals surface area contributed by atoms with E-state index >= 15 is 0 Å². The Balaban J connectivity index is 2.08. The maximum Gasteiger partial charge on any atom is 0.306 e. The molecule has 0 spiro atoms. The van der Waals surface area contributed by atoms with Crippen LogP contribution in [0, 0.1) is 27.9 Å².